The van der Waals surface area contributed by atoms with Crippen molar-refractivity contribution in [2.24, 2.45) is 0 Å². The zero-order valence-electron chi connectivity index (χ0n) is 17.9. The van der Waals surface area contributed by atoms with Crippen molar-refractivity contribution < 1.29 is 18.4 Å². The molecule has 3 rings (SSSR count). The average molecular weight is 430 g/mol. The molecule has 0 bridgehead atoms. The van der Waals surface area contributed by atoms with Crippen molar-refractivity contribution in [1.82, 2.24) is 10.2 Å². The Morgan fingerprint density at radius 1 is 1.03 bits per heavy atom. The van der Waals surface area contributed by atoms with E-state index in [9.17, 15) is 18.4 Å². The van der Waals surface area contributed by atoms with Crippen LogP contribution >= 0.6 is 0 Å². The summed E-state index contributed by atoms with van der Waals surface area (Å²) in [5, 5.41) is 2.56. The third kappa shape index (κ3) is 6.51. The molecule has 2 amide bonds. The Bertz CT molecular complexity index is 896. The molecular formula is C24H29F2N3O2. The van der Waals surface area contributed by atoms with E-state index >= 15 is 0 Å². The predicted molar refractivity (Wildman–Crippen MR) is 117 cm³/mol. The fourth-order valence-electron chi connectivity index (χ4n) is 3.73. The van der Waals surface area contributed by atoms with Gasteiger partial charge in [-0.2, -0.15) is 0 Å². The van der Waals surface area contributed by atoms with Crippen LogP contribution in [0.5, 0.6) is 0 Å². The minimum absolute atomic E-state index is 0.0256. The molecule has 1 fully saturated rings. The number of piperidine rings is 1. The summed E-state index contributed by atoms with van der Waals surface area (Å²) in [5.41, 5.74) is 2.08. The van der Waals surface area contributed by atoms with Crippen molar-refractivity contribution in [2.45, 2.75) is 38.6 Å². The van der Waals surface area contributed by atoms with E-state index in [0.29, 0.717) is 19.0 Å². The highest BCUT2D eigenvalue weighted by atomic mass is 19.1. The Morgan fingerprint density at radius 2 is 1.74 bits per heavy atom. The molecular weight excluding hydrogens is 400 g/mol. The zero-order valence-corrected chi connectivity index (χ0v) is 17.9. The number of halogens is 2. The SMILES string of the molecule is CN(Cc1ccc(N2CCCCC2)cc1)C(=O)CCCNC(=O)c1ccc(F)cc1F. The molecule has 5 nitrogen and oxygen atoms in total. The summed E-state index contributed by atoms with van der Waals surface area (Å²) >= 11 is 0. The fourth-order valence-corrected chi connectivity index (χ4v) is 3.73. The molecule has 166 valence electrons. The molecule has 0 unspecified atom stereocenters. The first-order valence-electron chi connectivity index (χ1n) is 10.7. The monoisotopic (exact) mass is 429 g/mol. The van der Waals surface area contributed by atoms with Gasteiger partial charge in [0.1, 0.15) is 11.6 Å². The highest BCUT2D eigenvalue weighted by Gasteiger charge is 2.14. The molecule has 7 heteroatoms. The van der Waals surface area contributed by atoms with Crippen LogP contribution in [0.3, 0.4) is 0 Å². The lowest BCUT2D eigenvalue weighted by Gasteiger charge is -2.29. The van der Waals surface area contributed by atoms with E-state index in [1.807, 2.05) is 0 Å². The summed E-state index contributed by atoms with van der Waals surface area (Å²) in [6, 6.07) is 11.2. The summed E-state index contributed by atoms with van der Waals surface area (Å²) < 4.78 is 26.5. The second kappa shape index (κ2) is 10.9. The van der Waals surface area contributed by atoms with Crippen LogP contribution in [-0.4, -0.2) is 43.4 Å². The van der Waals surface area contributed by atoms with Crippen LogP contribution in [-0.2, 0) is 11.3 Å². The molecule has 1 heterocycles. The van der Waals surface area contributed by atoms with E-state index < -0.39 is 17.5 Å². The van der Waals surface area contributed by atoms with Gasteiger partial charge in [-0.15, -0.1) is 0 Å². The average Bonchev–Trinajstić information content (AvgIpc) is 2.77. The van der Waals surface area contributed by atoms with Crippen LogP contribution in [0.15, 0.2) is 42.5 Å². The van der Waals surface area contributed by atoms with Crippen molar-refractivity contribution >= 4 is 17.5 Å². The van der Waals surface area contributed by atoms with Crippen molar-refractivity contribution in [3.8, 4) is 0 Å². The van der Waals surface area contributed by atoms with Gasteiger partial charge in [0.05, 0.1) is 5.56 Å². The van der Waals surface area contributed by atoms with Crippen LogP contribution in [0.4, 0.5) is 14.5 Å². The maximum Gasteiger partial charge on any atom is 0.254 e. The van der Waals surface area contributed by atoms with Crippen LogP contribution in [0.1, 0.15) is 48.0 Å². The van der Waals surface area contributed by atoms with E-state index in [4.69, 9.17) is 0 Å². The van der Waals surface area contributed by atoms with Crippen LogP contribution < -0.4 is 10.2 Å². The third-order valence-electron chi connectivity index (χ3n) is 5.53. The Kier molecular flexibility index (Phi) is 7.98. The Labute approximate surface area is 182 Å². The first-order chi connectivity index (χ1) is 14.9. The minimum atomic E-state index is -0.903. The number of nitrogens with one attached hydrogen (secondary N) is 1. The Morgan fingerprint density at radius 3 is 2.42 bits per heavy atom. The van der Waals surface area contributed by atoms with Crippen LogP contribution in [0.25, 0.3) is 0 Å². The zero-order chi connectivity index (χ0) is 22.2. The molecule has 0 spiro atoms. The number of carbonyl (C=O) groups is 2. The summed E-state index contributed by atoms with van der Waals surface area (Å²) in [5.74, 6) is -2.28. The molecule has 0 aromatic heterocycles. The maximum absolute atomic E-state index is 13.6. The predicted octanol–water partition coefficient (Wildman–Crippen LogP) is 4.12. The maximum atomic E-state index is 13.6. The molecule has 2 aromatic carbocycles. The van der Waals surface area contributed by atoms with Crippen molar-refractivity contribution in [2.75, 3.05) is 31.6 Å². The van der Waals surface area contributed by atoms with Gasteiger partial charge in [0.25, 0.3) is 5.91 Å². The standard InChI is InChI=1S/C24H29F2N3O2/c1-28(17-18-7-10-20(11-8-18)29-14-3-2-4-15-29)23(30)6-5-13-27-24(31)21-12-9-19(25)16-22(21)26/h7-12,16H,2-6,13-15,17H2,1H3,(H,27,31). The van der Waals surface area contributed by atoms with Gasteiger partial charge >= 0.3 is 0 Å². The molecule has 31 heavy (non-hydrogen) atoms. The van der Waals surface area contributed by atoms with E-state index in [0.717, 1.165) is 30.8 Å². The van der Waals surface area contributed by atoms with Crippen molar-refractivity contribution in [3.63, 3.8) is 0 Å². The van der Waals surface area contributed by atoms with E-state index in [1.165, 1.54) is 24.9 Å². The molecule has 1 N–H and O–H groups in total. The molecule has 0 aliphatic carbocycles. The lowest BCUT2D eigenvalue weighted by molar-refractivity contribution is -0.130. The van der Waals surface area contributed by atoms with Crippen molar-refractivity contribution in [3.05, 3.63) is 65.2 Å². The number of hydrogen-bond donors (Lipinski definition) is 1. The first kappa shape index (κ1) is 22.7. The minimum Gasteiger partial charge on any atom is -0.372 e. The lowest BCUT2D eigenvalue weighted by atomic mass is 10.1. The van der Waals surface area contributed by atoms with Crippen LogP contribution in [0, 0.1) is 11.6 Å². The number of rotatable bonds is 8. The summed E-state index contributed by atoms with van der Waals surface area (Å²) in [6.07, 6.45) is 4.48. The Balaban J connectivity index is 1.39. The van der Waals surface area contributed by atoms with Gasteiger partial charge in [-0.3, -0.25) is 9.59 Å². The van der Waals surface area contributed by atoms with Gasteiger partial charge in [-0.05, 0) is 55.5 Å². The lowest BCUT2D eigenvalue weighted by Crippen LogP contribution is -2.30. The normalized spacial score (nSPS) is 13.7. The highest BCUT2D eigenvalue weighted by Crippen LogP contribution is 2.20. The topological polar surface area (TPSA) is 52.6 Å². The summed E-state index contributed by atoms with van der Waals surface area (Å²) in [6.45, 7) is 2.95. The van der Waals surface area contributed by atoms with Crippen molar-refractivity contribution in [1.29, 1.82) is 0 Å². The number of benzene rings is 2. The fraction of sp³-hybridized carbons (Fsp3) is 0.417. The van der Waals surface area contributed by atoms with E-state index in [-0.39, 0.29) is 24.4 Å². The largest absolute Gasteiger partial charge is 0.372 e. The van der Waals surface area contributed by atoms with Gasteiger partial charge in [-0.1, -0.05) is 12.1 Å². The first-order valence-corrected chi connectivity index (χ1v) is 10.7. The number of anilines is 1. The number of hydrogen-bond acceptors (Lipinski definition) is 3. The van der Waals surface area contributed by atoms with E-state index in [2.05, 4.69) is 34.5 Å². The second-order valence-corrected chi connectivity index (χ2v) is 7.95. The second-order valence-electron chi connectivity index (χ2n) is 7.95. The summed E-state index contributed by atoms with van der Waals surface area (Å²) in [7, 11) is 1.76. The molecule has 0 saturated carbocycles. The van der Waals surface area contributed by atoms with Gasteiger partial charge in [0.15, 0.2) is 0 Å². The number of carbonyl (C=O) groups excluding carboxylic acids is 2. The molecule has 1 aliphatic heterocycles. The van der Waals surface area contributed by atoms with E-state index in [1.54, 1.807) is 11.9 Å². The molecule has 1 saturated heterocycles. The van der Waals surface area contributed by atoms with Crippen LogP contribution in [0.2, 0.25) is 0 Å². The van der Waals surface area contributed by atoms with Gasteiger partial charge in [0.2, 0.25) is 5.91 Å². The molecule has 0 radical (unpaired) electrons. The highest BCUT2D eigenvalue weighted by molar-refractivity contribution is 5.94. The van der Waals surface area contributed by atoms with Gasteiger partial charge in [0, 0.05) is 51.4 Å². The quantitative estimate of drug-likeness (QED) is 0.642. The third-order valence-corrected chi connectivity index (χ3v) is 5.53. The number of nitrogens with zero attached hydrogens (tertiary/aromatic N) is 2. The molecule has 1 aliphatic rings. The van der Waals surface area contributed by atoms with Gasteiger partial charge in [-0.25, -0.2) is 8.78 Å². The molecule has 0 atom stereocenters. The summed E-state index contributed by atoms with van der Waals surface area (Å²) in [4.78, 5) is 28.4. The Hall–Kier alpha value is -2.96. The number of amides is 2. The molecule has 2 aromatic rings. The van der Waals surface area contributed by atoms with Gasteiger partial charge < -0.3 is 15.1 Å². The smallest absolute Gasteiger partial charge is 0.254 e.